The highest BCUT2D eigenvalue weighted by Crippen LogP contribution is 2.32. The molecule has 3 rings (SSSR count). The van der Waals surface area contributed by atoms with Crippen LogP contribution in [-0.2, 0) is 0 Å². The SMILES string of the molecule is [C-]#[N+]c1cccc(N(C)CCCN2CCN(c3cccc(Cl)c3Cl)CC2)c1. The lowest BCUT2D eigenvalue weighted by molar-refractivity contribution is 0.256. The van der Waals surface area contributed by atoms with Gasteiger partial charge in [-0.2, -0.15) is 0 Å². The van der Waals surface area contributed by atoms with E-state index in [9.17, 15) is 0 Å². The zero-order chi connectivity index (χ0) is 19.2. The largest absolute Gasteiger partial charge is 0.376 e. The lowest BCUT2D eigenvalue weighted by Crippen LogP contribution is -2.47. The van der Waals surface area contributed by atoms with E-state index in [-0.39, 0.29) is 0 Å². The van der Waals surface area contributed by atoms with Crippen molar-refractivity contribution in [2.75, 3.05) is 56.1 Å². The van der Waals surface area contributed by atoms with Crippen LogP contribution >= 0.6 is 23.2 Å². The summed E-state index contributed by atoms with van der Waals surface area (Å²) in [5.74, 6) is 0. The maximum atomic E-state index is 7.14. The van der Waals surface area contributed by atoms with Gasteiger partial charge in [0.1, 0.15) is 0 Å². The van der Waals surface area contributed by atoms with Gasteiger partial charge >= 0.3 is 0 Å². The summed E-state index contributed by atoms with van der Waals surface area (Å²) in [6.45, 7) is 13.2. The molecule has 0 saturated carbocycles. The minimum atomic E-state index is 0.613. The number of piperazine rings is 1. The fourth-order valence-corrected chi connectivity index (χ4v) is 3.82. The molecule has 6 heteroatoms. The van der Waals surface area contributed by atoms with Gasteiger partial charge < -0.3 is 9.80 Å². The fourth-order valence-electron chi connectivity index (χ4n) is 3.41. The fraction of sp³-hybridized carbons (Fsp3) is 0.381. The Balaban J connectivity index is 1.44. The number of anilines is 2. The standard InChI is InChI=1S/C21H24Cl2N4/c1-24-17-6-3-7-18(16-17)25(2)10-5-11-26-12-14-27(15-13-26)20-9-4-8-19(22)21(20)23/h3-4,6-9,16H,5,10-15H2,2H3. The molecule has 0 spiro atoms. The molecule has 0 N–H and O–H groups in total. The van der Waals surface area contributed by atoms with E-state index >= 15 is 0 Å². The Morgan fingerprint density at radius 3 is 2.56 bits per heavy atom. The van der Waals surface area contributed by atoms with Crippen molar-refractivity contribution in [1.82, 2.24) is 4.90 Å². The van der Waals surface area contributed by atoms with E-state index in [1.807, 2.05) is 36.4 Å². The van der Waals surface area contributed by atoms with Gasteiger partial charge in [-0.1, -0.05) is 41.4 Å². The second-order valence-corrected chi connectivity index (χ2v) is 7.59. The molecule has 27 heavy (non-hydrogen) atoms. The van der Waals surface area contributed by atoms with Crippen LogP contribution in [0.3, 0.4) is 0 Å². The predicted octanol–water partition coefficient (Wildman–Crippen LogP) is 5.19. The lowest BCUT2D eigenvalue weighted by Gasteiger charge is -2.36. The van der Waals surface area contributed by atoms with E-state index in [1.165, 1.54) is 0 Å². The molecule has 4 nitrogen and oxygen atoms in total. The smallest absolute Gasteiger partial charge is 0.189 e. The van der Waals surface area contributed by atoms with E-state index < -0.39 is 0 Å². The van der Waals surface area contributed by atoms with Crippen LogP contribution in [0.5, 0.6) is 0 Å². The Kier molecular flexibility index (Phi) is 6.84. The van der Waals surface area contributed by atoms with Gasteiger partial charge in [-0.3, -0.25) is 4.90 Å². The maximum Gasteiger partial charge on any atom is 0.189 e. The third-order valence-electron chi connectivity index (χ3n) is 5.01. The maximum absolute atomic E-state index is 7.14. The van der Waals surface area contributed by atoms with Crippen LogP contribution in [0.25, 0.3) is 4.85 Å². The van der Waals surface area contributed by atoms with Gasteiger partial charge in [-0.25, -0.2) is 4.85 Å². The molecule has 0 bridgehead atoms. The molecule has 0 amide bonds. The van der Waals surface area contributed by atoms with Crippen LogP contribution in [-0.4, -0.2) is 51.2 Å². The second-order valence-electron chi connectivity index (χ2n) is 6.81. The Hall–Kier alpha value is -1.93. The van der Waals surface area contributed by atoms with Crippen molar-refractivity contribution < 1.29 is 0 Å². The third kappa shape index (κ3) is 5.07. The minimum absolute atomic E-state index is 0.613. The molecule has 142 valence electrons. The third-order valence-corrected chi connectivity index (χ3v) is 5.82. The number of hydrogen-bond donors (Lipinski definition) is 0. The summed E-state index contributed by atoms with van der Waals surface area (Å²) in [5, 5.41) is 1.26. The van der Waals surface area contributed by atoms with Gasteiger partial charge in [0, 0.05) is 45.5 Å². The van der Waals surface area contributed by atoms with Crippen LogP contribution in [0.15, 0.2) is 42.5 Å². The normalized spacial score (nSPS) is 14.8. The first kappa shape index (κ1) is 19.8. The molecule has 1 aliphatic rings. The summed E-state index contributed by atoms with van der Waals surface area (Å²) < 4.78 is 0. The van der Waals surface area contributed by atoms with E-state index in [0.29, 0.717) is 15.7 Å². The summed E-state index contributed by atoms with van der Waals surface area (Å²) in [6, 6.07) is 13.6. The van der Waals surface area contributed by atoms with Crippen LogP contribution in [0, 0.1) is 6.57 Å². The van der Waals surface area contributed by atoms with Gasteiger partial charge in [-0.05, 0) is 37.2 Å². The molecule has 0 aromatic heterocycles. The number of nitrogens with zero attached hydrogens (tertiary/aromatic N) is 4. The average molecular weight is 403 g/mol. The average Bonchev–Trinajstić information content (AvgIpc) is 2.70. The van der Waals surface area contributed by atoms with Crippen molar-refractivity contribution in [3.8, 4) is 0 Å². The predicted molar refractivity (Wildman–Crippen MR) is 116 cm³/mol. The first-order valence-corrected chi connectivity index (χ1v) is 9.94. The Morgan fingerprint density at radius 1 is 1.07 bits per heavy atom. The van der Waals surface area contributed by atoms with Crippen molar-refractivity contribution in [3.05, 3.63) is 63.9 Å². The minimum Gasteiger partial charge on any atom is -0.376 e. The number of hydrogen-bond acceptors (Lipinski definition) is 3. The first-order valence-electron chi connectivity index (χ1n) is 9.18. The summed E-state index contributed by atoms with van der Waals surface area (Å²) >= 11 is 12.5. The van der Waals surface area contributed by atoms with E-state index in [1.54, 1.807) is 0 Å². The summed E-state index contributed by atoms with van der Waals surface area (Å²) in [6.07, 6.45) is 1.09. The van der Waals surface area contributed by atoms with Crippen molar-refractivity contribution >= 4 is 40.3 Å². The van der Waals surface area contributed by atoms with E-state index in [2.05, 4.69) is 32.7 Å². The molecule has 0 unspecified atom stereocenters. The zero-order valence-corrected chi connectivity index (χ0v) is 17.0. The van der Waals surface area contributed by atoms with E-state index in [4.69, 9.17) is 29.8 Å². The van der Waals surface area contributed by atoms with Gasteiger partial charge in [0.25, 0.3) is 0 Å². The van der Waals surface area contributed by atoms with Crippen molar-refractivity contribution in [2.24, 2.45) is 0 Å². The highest BCUT2D eigenvalue weighted by molar-refractivity contribution is 6.43. The highest BCUT2D eigenvalue weighted by atomic mass is 35.5. The highest BCUT2D eigenvalue weighted by Gasteiger charge is 2.19. The second kappa shape index (κ2) is 9.32. The molecule has 0 aliphatic carbocycles. The first-order chi connectivity index (χ1) is 13.1. The topological polar surface area (TPSA) is 14.1 Å². The van der Waals surface area contributed by atoms with Gasteiger partial charge in [0.15, 0.2) is 5.69 Å². The summed E-state index contributed by atoms with van der Waals surface area (Å²) in [4.78, 5) is 10.5. The molecular formula is C21H24Cl2N4. The van der Waals surface area contributed by atoms with Gasteiger partial charge in [0.05, 0.1) is 22.3 Å². The number of halogens is 2. The van der Waals surface area contributed by atoms with Crippen LogP contribution in [0.2, 0.25) is 10.0 Å². The molecule has 2 aromatic carbocycles. The van der Waals surface area contributed by atoms with Crippen molar-refractivity contribution in [1.29, 1.82) is 0 Å². The molecule has 0 atom stereocenters. The lowest BCUT2D eigenvalue weighted by atomic mass is 10.2. The number of rotatable bonds is 6. The molecular weight excluding hydrogens is 379 g/mol. The quantitative estimate of drug-likeness (QED) is 0.617. The Bertz CT molecular complexity index is 810. The van der Waals surface area contributed by atoms with Gasteiger partial charge in [-0.15, -0.1) is 0 Å². The Morgan fingerprint density at radius 2 is 1.81 bits per heavy atom. The molecule has 1 saturated heterocycles. The van der Waals surface area contributed by atoms with Gasteiger partial charge in [0.2, 0.25) is 0 Å². The van der Waals surface area contributed by atoms with Crippen LogP contribution in [0.1, 0.15) is 6.42 Å². The molecule has 1 heterocycles. The molecule has 1 aliphatic heterocycles. The van der Waals surface area contributed by atoms with Crippen LogP contribution in [0.4, 0.5) is 17.1 Å². The van der Waals surface area contributed by atoms with Crippen molar-refractivity contribution in [2.45, 2.75) is 6.42 Å². The summed E-state index contributed by atoms with van der Waals surface area (Å²) in [7, 11) is 2.09. The molecule has 2 aromatic rings. The Labute approximate surface area is 171 Å². The number of benzene rings is 2. The molecule has 0 radical (unpaired) electrons. The summed E-state index contributed by atoms with van der Waals surface area (Å²) in [5.41, 5.74) is 2.82. The van der Waals surface area contributed by atoms with Crippen LogP contribution < -0.4 is 9.80 Å². The monoisotopic (exact) mass is 402 g/mol. The zero-order valence-electron chi connectivity index (χ0n) is 15.5. The molecule has 1 fully saturated rings. The van der Waals surface area contributed by atoms with E-state index in [0.717, 1.165) is 57.1 Å². The van der Waals surface area contributed by atoms with Crippen molar-refractivity contribution in [3.63, 3.8) is 0 Å².